The predicted molar refractivity (Wildman–Crippen MR) is 97.3 cm³/mol. The summed E-state index contributed by atoms with van der Waals surface area (Å²) in [6, 6.07) is 9.11. The first-order chi connectivity index (χ1) is 13.0. The number of rotatable bonds is 7. The third-order valence-corrected chi connectivity index (χ3v) is 3.90. The van der Waals surface area contributed by atoms with E-state index in [2.05, 4.69) is 15.4 Å². The van der Waals surface area contributed by atoms with Gasteiger partial charge < -0.3 is 10.1 Å². The molecule has 0 radical (unpaired) electrons. The maximum Gasteiger partial charge on any atom is 0.333 e. The van der Waals surface area contributed by atoms with Crippen molar-refractivity contribution >= 4 is 11.5 Å². The number of aromatic nitrogens is 3. The number of nitrogens with one attached hydrogen (secondary N) is 1. The van der Waals surface area contributed by atoms with Crippen molar-refractivity contribution in [1.82, 2.24) is 14.8 Å². The zero-order valence-corrected chi connectivity index (χ0v) is 14.8. The third-order valence-electron chi connectivity index (χ3n) is 3.90. The van der Waals surface area contributed by atoms with Crippen molar-refractivity contribution in [1.29, 1.82) is 0 Å². The van der Waals surface area contributed by atoms with E-state index in [9.17, 15) is 14.5 Å². The Balaban J connectivity index is 1.68. The lowest BCUT2D eigenvalue weighted by Gasteiger charge is -2.08. The van der Waals surface area contributed by atoms with Gasteiger partial charge in [-0.15, -0.1) is 0 Å². The largest absolute Gasteiger partial charge is 0.439 e. The highest BCUT2D eigenvalue weighted by atomic mass is 19.1. The number of ether oxygens (including phenoxy) is 1. The number of pyridine rings is 1. The molecule has 3 rings (SSSR count). The van der Waals surface area contributed by atoms with Crippen LogP contribution in [0.5, 0.6) is 11.6 Å². The number of nitro groups is 1. The Hall–Kier alpha value is -3.49. The van der Waals surface area contributed by atoms with E-state index in [0.29, 0.717) is 36.1 Å². The number of nitrogens with zero attached hydrogens (tertiary/aromatic N) is 4. The first-order valence-electron chi connectivity index (χ1n) is 8.30. The van der Waals surface area contributed by atoms with E-state index in [0.717, 1.165) is 5.56 Å². The highest BCUT2D eigenvalue weighted by Crippen LogP contribution is 2.29. The second-order valence-electron chi connectivity index (χ2n) is 5.79. The van der Waals surface area contributed by atoms with Crippen LogP contribution in [0.15, 0.2) is 42.6 Å². The SMILES string of the molecule is CCc1nn(C)c(NCc2ccc(Oc3ccc(F)cc3)nc2)c1[N+](=O)[O-]. The molecule has 0 saturated carbocycles. The van der Waals surface area contributed by atoms with Gasteiger partial charge in [0.2, 0.25) is 11.7 Å². The molecule has 0 unspecified atom stereocenters. The smallest absolute Gasteiger partial charge is 0.333 e. The summed E-state index contributed by atoms with van der Waals surface area (Å²) in [7, 11) is 1.66. The molecule has 27 heavy (non-hydrogen) atoms. The summed E-state index contributed by atoms with van der Waals surface area (Å²) >= 11 is 0. The van der Waals surface area contributed by atoms with Gasteiger partial charge in [-0.2, -0.15) is 5.10 Å². The molecule has 2 aromatic heterocycles. The zero-order valence-electron chi connectivity index (χ0n) is 14.8. The van der Waals surface area contributed by atoms with E-state index in [-0.39, 0.29) is 11.5 Å². The fraction of sp³-hybridized carbons (Fsp3) is 0.222. The molecular formula is C18H18FN5O3. The molecule has 0 aliphatic rings. The van der Waals surface area contributed by atoms with Gasteiger partial charge >= 0.3 is 5.69 Å². The molecule has 1 N–H and O–H groups in total. The maximum atomic E-state index is 12.9. The van der Waals surface area contributed by atoms with Crippen LogP contribution in [-0.2, 0) is 20.0 Å². The summed E-state index contributed by atoms with van der Waals surface area (Å²) in [5.41, 5.74) is 1.24. The second kappa shape index (κ2) is 7.81. The van der Waals surface area contributed by atoms with Crippen LogP contribution in [0, 0.1) is 15.9 Å². The van der Waals surface area contributed by atoms with Crippen molar-refractivity contribution in [3.8, 4) is 11.6 Å². The van der Waals surface area contributed by atoms with Crippen LogP contribution in [0.25, 0.3) is 0 Å². The Labute approximate surface area is 154 Å². The molecule has 0 spiro atoms. The third kappa shape index (κ3) is 4.20. The molecule has 0 aliphatic carbocycles. The molecule has 0 fully saturated rings. The van der Waals surface area contributed by atoms with Gasteiger partial charge in [-0.05, 0) is 36.2 Å². The fourth-order valence-corrected chi connectivity index (χ4v) is 2.58. The van der Waals surface area contributed by atoms with E-state index in [1.54, 1.807) is 25.4 Å². The molecule has 0 saturated heterocycles. The van der Waals surface area contributed by atoms with Crippen LogP contribution in [0.1, 0.15) is 18.2 Å². The maximum absolute atomic E-state index is 12.9. The summed E-state index contributed by atoms with van der Waals surface area (Å²) in [6.45, 7) is 2.16. The van der Waals surface area contributed by atoms with Crippen molar-refractivity contribution in [2.75, 3.05) is 5.32 Å². The quantitative estimate of drug-likeness (QED) is 0.501. The van der Waals surface area contributed by atoms with Crippen LogP contribution in [0.3, 0.4) is 0 Å². The average molecular weight is 371 g/mol. The summed E-state index contributed by atoms with van der Waals surface area (Å²) < 4.78 is 19.9. The highest BCUT2D eigenvalue weighted by molar-refractivity contribution is 5.60. The van der Waals surface area contributed by atoms with Crippen LogP contribution >= 0.6 is 0 Å². The van der Waals surface area contributed by atoms with E-state index in [1.807, 2.05) is 6.92 Å². The molecule has 0 amide bonds. The normalized spacial score (nSPS) is 10.6. The van der Waals surface area contributed by atoms with Gasteiger partial charge in [-0.25, -0.2) is 14.1 Å². The van der Waals surface area contributed by atoms with E-state index in [4.69, 9.17) is 4.74 Å². The molecular weight excluding hydrogens is 353 g/mol. The van der Waals surface area contributed by atoms with Gasteiger partial charge in [0.05, 0.1) is 4.92 Å². The number of aryl methyl sites for hydroxylation is 2. The Morgan fingerprint density at radius 1 is 1.26 bits per heavy atom. The lowest BCUT2D eigenvalue weighted by atomic mass is 10.2. The van der Waals surface area contributed by atoms with Gasteiger partial charge in [0.25, 0.3) is 0 Å². The van der Waals surface area contributed by atoms with Crippen molar-refractivity contribution in [3.63, 3.8) is 0 Å². The Bertz CT molecular complexity index is 939. The minimum atomic E-state index is -0.425. The van der Waals surface area contributed by atoms with Gasteiger partial charge in [-0.1, -0.05) is 13.0 Å². The number of hydrogen-bond donors (Lipinski definition) is 1. The first-order valence-corrected chi connectivity index (χ1v) is 8.30. The van der Waals surface area contributed by atoms with Crippen molar-refractivity contribution in [2.45, 2.75) is 19.9 Å². The van der Waals surface area contributed by atoms with Gasteiger partial charge in [-0.3, -0.25) is 10.1 Å². The predicted octanol–water partition coefficient (Wildman–Crippen LogP) is 3.83. The molecule has 8 nitrogen and oxygen atoms in total. The van der Waals surface area contributed by atoms with E-state index in [1.165, 1.54) is 28.9 Å². The minimum Gasteiger partial charge on any atom is -0.439 e. The van der Waals surface area contributed by atoms with Gasteiger partial charge in [0, 0.05) is 25.9 Å². The molecule has 2 heterocycles. The van der Waals surface area contributed by atoms with Crippen LogP contribution in [0.2, 0.25) is 0 Å². The summed E-state index contributed by atoms with van der Waals surface area (Å²) in [5.74, 6) is 0.855. The Morgan fingerprint density at radius 2 is 2.00 bits per heavy atom. The van der Waals surface area contributed by atoms with Gasteiger partial charge in [0.15, 0.2) is 0 Å². The number of benzene rings is 1. The van der Waals surface area contributed by atoms with Crippen molar-refractivity contribution in [3.05, 3.63) is 69.8 Å². The number of anilines is 1. The lowest BCUT2D eigenvalue weighted by molar-refractivity contribution is -0.384. The van der Waals surface area contributed by atoms with Crippen molar-refractivity contribution in [2.24, 2.45) is 7.05 Å². The molecule has 9 heteroatoms. The van der Waals surface area contributed by atoms with Gasteiger partial charge in [0.1, 0.15) is 17.3 Å². The van der Waals surface area contributed by atoms with Crippen LogP contribution in [-0.4, -0.2) is 19.7 Å². The Morgan fingerprint density at radius 3 is 2.59 bits per heavy atom. The lowest BCUT2D eigenvalue weighted by Crippen LogP contribution is -2.06. The minimum absolute atomic E-state index is 0.00998. The molecule has 140 valence electrons. The molecule has 0 bridgehead atoms. The molecule has 0 atom stereocenters. The Kier molecular flexibility index (Phi) is 5.30. The average Bonchev–Trinajstić information content (AvgIpc) is 2.99. The summed E-state index contributed by atoms with van der Waals surface area (Å²) in [5, 5.41) is 18.6. The zero-order chi connectivity index (χ0) is 19.4. The monoisotopic (exact) mass is 371 g/mol. The molecule has 3 aromatic rings. The van der Waals surface area contributed by atoms with E-state index < -0.39 is 4.92 Å². The van der Waals surface area contributed by atoms with Crippen LogP contribution in [0.4, 0.5) is 15.9 Å². The standard InChI is InChI=1S/C18H18FN5O3/c1-3-15-17(24(25)26)18(23(2)22-15)21-11-12-4-9-16(20-10-12)27-14-7-5-13(19)6-8-14/h4-10,21H,3,11H2,1-2H3. The summed E-state index contributed by atoms with van der Waals surface area (Å²) in [6.07, 6.45) is 2.08. The molecule has 1 aromatic carbocycles. The fourth-order valence-electron chi connectivity index (χ4n) is 2.58. The summed E-state index contributed by atoms with van der Waals surface area (Å²) in [4.78, 5) is 15.1. The highest BCUT2D eigenvalue weighted by Gasteiger charge is 2.25. The first kappa shape index (κ1) is 18.3. The topological polar surface area (TPSA) is 95.1 Å². The number of halogens is 1. The van der Waals surface area contributed by atoms with Crippen LogP contribution < -0.4 is 10.1 Å². The second-order valence-corrected chi connectivity index (χ2v) is 5.79. The van der Waals surface area contributed by atoms with E-state index >= 15 is 0 Å². The van der Waals surface area contributed by atoms with Crippen molar-refractivity contribution < 1.29 is 14.1 Å². The molecule has 0 aliphatic heterocycles. The number of hydrogen-bond acceptors (Lipinski definition) is 6.